The van der Waals surface area contributed by atoms with Gasteiger partial charge in [-0.15, -0.1) is 0 Å². The van der Waals surface area contributed by atoms with E-state index in [1.54, 1.807) is 0 Å². The van der Waals surface area contributed by atoms with Crippen LogP contribution < -0.4 is 5.56 Å². The third-order valence-electron chi connectivity index (χ3n) is 1.59. The van der Waals surface area contributed by atoms with Crippen molar-refractivity contribution in [1.82, 2.24) is 4.57 Å². The summed E-state index contributed by atoms with van der Waals surface area (Å²) in [6, 6.07) is 2.32. The summed E-state index contributed by atoms with van der Waals surface area (Å²) in [6.07, 6.45) is -1.56. The lowest BCUT2D eigenvalue weighted by atomic mass is 10.3. The highest BCUT2D eigenvalue weighted by molar-refractivity contribution is 5.86. The Morgan fingerprint density at radius 2 is 2.21 bits per heavy atom. The third kappa shape index (κ3) is 2.15. The number of carbonyl (C=O) groups is 1. The summed E-state index contributed by atoms with van der Waals surface area (Å²) in [5.41, 5.74) is -1.42. The number of aromatic nitrogens is 1. The Morgan fingerprint density at radius 1 is 1.57 bits per heavy atom. The molecule has 0 saturated carbocycles. The molecule has 0 saturated heterocycles. The van der Waals surface area contributed by atoms with Crippen LogP contribution in [0.15, 0.2) is 23.1 Å². The molecule has 0 atom stereocenters. The quantitative estimate of drug-likeness (QED) is 0.790. The van der Waals surface area contributed by atoms with Crippen LogP contribution in [0, 0.1) is 0 Å². The molecular weight excluding hydrogens is 196 g/mol. The molecule has 0 aliphatic rings. The standard InChI is InChI=1S/C8H7F2NO3/c9-6(10)4-11-3-1-2-5(7(11)12)8(13)14/h1-3,6H,4H2,(H,13,14). The molecule has 1 heterocycles. The molecule has 0 aliphatic carbocycles. The predicted molar refractivity (Wildman–Crippen MR) is 43.7 cm³/mol. The molecule has 1 aromatic rings. The van der Waals surface area contributed by atoms with Crippen LogP contribution in [0.2, 0.25) is 0 Å². The highest BCUT2D eigenvalue weighted by atomic mass is 19.3. The lowest BCUT2D eigenvalue weighted by molar-refractivity contribution is 0.0692. The molecule has 0 radical (unpaired) electrons. The molecule has 76 valence electrons. The summed E-state index contributed by atoms with van der Waals surface area (Å²) in [5, 5.41) is 8.52. The molecule has 0 spiro atoms. The van der Waals surface area contributed by atoms with Gasteiger partial charge < -0.3 is 9.67 Å². The smallest absolute Gasteiger partial charge is 0.341 e. The minimum atomic E-state index is -2.68. The number of aromatic carboxylic acids is 1. The van der Waals surface area contributed by atoms with E-state index in [0.29, 0.717) is 4.57 Å². The van der Waals surface area contributed by atoms with E-state index in [-0.39, 0.29) is 0 Å². The van der Waals surface area contributed by atoms with Gasteiger partial charge >= 0.3 is 5.97 Å². The second-order valence-electron chi connectivity index (χ2n) is 2.58. The highest BCUT2D eigenvalue weighted by Gasteiger charge is 2.12. The van der Waals surface area contributed by atoms with Crippen molar-refractivity contribution in [3.8, 4) is 0 Å². The van der Waals surface area contributed by atoms with Crippen LogP contribution in [0.5, 0.6) is 0 Å². The molecule has 6 heteroatoms. The van der Waals surface area contributed by atoms with E-state index in [1.165, 1.54) is 6.07 Å². The van der Waals surface area contributed by atoms with Gasteiger partial charge in [-0.3, -0.25) is 4.79 Å². The molecule has 4 nitrogen and oxygen atoms in total. The number of rotatable bonds is 3. The molecule has 0 fully saturated rings. The van der Waals surface area contributed by atoms with Crippen molar-refractivity contribution in [3.05, 3.63) is 34.2 Å². The Morgan fingerprint density at radius 3 is 2.71 bits per heavy atom. The van der Waals surface area contributed by atoms with E-state index in [9.17, 15) is 18.4 Å². The zero-order chi connectivity index (χ0) is 10.7. The predicted octanol–water partition coefficient (Wildman–Crippen LogP) is 0.812. The van der Waals surface area contributed by atoms with Crippen molar-refractivity contribution in [2.75, 3.05) is 0 Å². The maximum atomic E-state index is 11.9. The Hall–Kier alpha value is -1.72. The third-order valence-corrected chi connectivity index (χ3v) is 1.59. The van der Waals surface area contributed by atoms with Crippen LogP contribution in [-0.4, -0.2) is 22.1 Å². The first-order chi connectivity index (χ1) is 6.52. The van der Waals surface area contributed by atoms with Gasteiger partial charge in [-0.1, -0.05) is 0 Å². The van der Waals surface area contributed by atoms with Gasteiger partial charge in [-0.05, 0) is 12.1 Å². The average Bonchev–Trinajstić information content (AvgIpc) is 2.07. The lowest BCUT2D eigenvalue weighted by Crippen LogP contribution is -2.27. The van der Waals surface area contributed by atoms with Crippen LogP contribution in [0.4, 0.5) is 8.78 Å². The van der Waals surface area contributed by atoms with E-state index < -0.39 is 30.1 Å². The Kier molecular flexibility index (Phi) is 2.95. The largest absolute Gasteiger partial charge is 0.477 e. The Bertz CT molecular complexity index is 400. The lowest BCUT2D eigenvalue weighted by Gasteiger charge is -2.04. The zero-order valence-electron chi connectivity index (χ0n) is 6.98. The fourth-order valence-corrected chi connectivity index (χ4v) is 0.992. The number of nitrogens with zero attached hydrogens (tertiary/aromatic N) is 1. The molecule has 14 heavy (non-hydrogen) atoms. The van der Waals surface area contributed by atoms with Gasteiger partial charge in [-0.2, -0.15) is 0 Å². The molecule has 0 bridgehead atoms. The topological polar surface area (TPSA) is 59.3 Å². The van der Waals surface area contributed by atoms with E-state index >= 15 is 0 Å². The number of halogens is 2. The van der Waals surface area contributed by atoms with Gasteiger partial charge in [-0.25, -0.2) is 13.6 Å². The van der Waals surface area contributed by atoms with Crippen molar-refractivity contribution < 1.29 is 18.7 Å². The van der Waals surface area contributed by atoms with Gasteiger partial charge in [0.15, 0.2) is 0 Å². The number of hydrogen-bond acceptors (Lipinski definition) is 2. The molecule has 0 aliphatic heterocycles. The van der Waals surface area contributed by atoms with Crippen LogP contribution in [-0.2, 0) is 6.54 Å². The maximum absolute atomic E-state index is 11.9. The normalized spacial score (nSPS) is 10.5. The van der Waals surface area contributed by atoms with Gasteiger partial charge in [0.05, 0.1) is 6.54 Å². The SMILES string of the molecule is O=C(O)c1cccn(CC(F)F)c1=O. The molecule has 1 N–H and O–H groups in total. The first-order valence-electron chi connectivity index (χ1n) is 3.73. The van der Waals surface area contributed by atoms with Crippen molar-refractivity contribution in [1.29, 1.82) is 0 Å². The van der Waals surface area contributed by atoms with E-state index in [4.69, 9.17) is 5.11 Å². The molecule has 0 unspecified atom stereocenters. The van der Waals surface area contributed by atoms with Crippen molar-refractivity contribution in [3.63, 3.8) is 0 Å². The van der Waals surface area contributed by atoms with Crippen LogP contribution >= 0.6 is 0 Å². The van der Waals surface area contributed by atoms with Gasteiger partial charge in [0.1, 0.15) is 5.56 Å². The van der Waals surface area contributed by atoms with E-state index in [1.807, 2.05) is 0 Å². The molecule has 0 aromatic carbocycles. The summed E-state index contributed by atoms with van der Waals surface area (Å²) < 4.78 is 24.5. The molecule has 1 rings (SSSR count). The summed E-state index contributed by atoms with van der Waals surface area (Å²) in [4.78, 5) is 21.7. The van der Waals surface area contributed by atoms with Gasteiger partial charge in [0, 0.05) is 6.20 Å². The average molecular weight is 203 g/mol. The minimum absolute atomic E-state index is 0.506. The van der Waals surface area contributed by atoms with Gasteiger partial charge in [0.25, 0.3) is 12.0 Å². The molecule has 1 aromatic heterocycles. The van der Waals surface area contributed by atoms with E-state index in [0.717, 1.165) is 12.3 Å². The number of hydrogen-bond donors (Lipinski definition) is 1. The Labute approximate surface area is 77.4 Å². The summed E-state index contributed by atoms with van der Waals surface area (Å²) in [6.45, 7) is -0.792. The van der Waals surface area contributed by atoms with Crippen LogP contribution in [0.1, 0.15) is 10.4 Å². The first kappa shape index (κ1) is 10.4. The van der Waals surface area contributed by atoms with E-state index in [2.05, 4.69) is 0 Å². The second kappa shape index (κ2) is 3.99. The molecular formula is C8H7F2NO3. The minimum Gasteiger partial charge on any atom is -0.477 e. The van der Waals surface area contributed by atoms with Crippen molar-refractivity contribution in [2.45, 2.75) is 13.0 Å². The van der Waals surface area contributed by atoms with Crippen LogP contribution in [0.3, 0.4) is 0 Å². The Balaban J connectivity index is 3.15. The maximum Gasteiger partial charge on any atom is 0.341 e. The van der Waals surface area contributed by atoms with Gasteiger partial charge in [0.2, 0.25) is 0 Å². The summed E-state index contributed by atoms with van der Waals surface area (Å²) in [7, 11) is 0. The summed E-state index contributed by atoms with van der Waals surface area (Å²) in [5.74, 6) is -1.42. The van der Waals surface area contributed by atoms with Crippen LogP contribution in [0.25, 0.3) is 0 Å². The monoisotopic (exact) mass is 203 g/mol. The van der Waals surface area contributed by atoms with Crippen molar-refractivity contribution >= 4 is 5.97 Å². The zero-order valence-corrected chi connectivity index (χ0v) is 6.98. The highest BCUT2D eigenvalue weighted by Crippen LogP contribution is 1.97. The molecule has 0 amide bonds. The number of pyridine rings is 1. The van der Waals surface area contributed by atoms with Crippen molar-refractivity contribution in [2.24, 2.45) is 0 Å². The summed E-state index contributed by atoms with van der Waals surface area (Å²) >= 11 is 0. The fourth-order valence-electron chi connectivity index (χ4n) is 0.992. The fraction of sp³-hybridized carbons (Fsp3) is 0.250. The first-order valence-corrected chi connectivity index (χ1v) is 3.73. The number of alkyl halides is 2. The second-order valence-corrected chi connectivity index (χ2v) is 2.58. The number of carboxylic acid groups (broad SMARTS) is 1. The number of carboxylic acids is 1.